The minimum atomic E-state index is -0.366. The second-order valence-electron chi connectivity index (χ2n) is 5.76. The molecule has 0 fully saturated rings. The van der Waals surface area contributed by atoms with E-state index < -0.39 is 0 Å². The van der Waals surface area contributed by atoms with E-state index in [1.807, 2.05) is 32.0 Å². The molecule has 25 heavy (non-hydrogen) atoms. The van der Waals surface area contributed by atoms with E-state index in [0.29, 0.717) is 17.7 Å². The maximum atomic E-state index is 11.8. The van der Waals surface area contributed by atoms with E-state index in [9.17, 15) is 9.59 Å². The monoisotopic (exact) mass is 355 g/mol. The molecular formula is C18H17N3O3S. The number of carbonyl (C=O) groups excluding carboxylic acids is 2. The molecular weight excluding hydrogens is 338 g/mol. The third-order valence-electron chi connectivity index (χ3n) is 4.16. The van der Waals surface area contributed by atoms with E-state index in [1.54, 1.807) is 12.1 Å². The Morgan fingerprint density at radius 3 is 2.52 bits per heavy atom. The van der Waals surface area contributed by atoms with Gasteiger partial charge in [-0.3, -0.25) is 10.1 Å². The van der Waals surface area contributed by atoms with Crippen LogP contribution in [-0.2, 0) is 16.0 Å². The summed E-state index contributed by atoms with van der Waals surface area (Å²) in [5.41, 5.74) is 4.90. The average Bonchev–Trinajstić information content (AvgIpc) is 3.05. The minimum Gasteiger partial charge on any atom is -0.465 e. The SMILES string of the molecule is COC(=O)c1ccc(-n2c(C)cc(CC3=NC(=S)NC3=O)c2C)cc1. The number of rotatable bonds is 4. The van der Waals surface area contributed by atoms with Gasteiger partial charge in [-0.05, 0) is 62.0 Å². The van der Waals surface area contributed by atoms with Gasteiger partial charge in [0.1, 0.15) is 5.71 Å². The number of carbonyl (C=O) groups is 2. The summed E-state index contributed by atoms with van der Waals surface area (Å²) in [6.45, 7) is 3.98. The number of esters is 1. The fourth-order valence-electron chi connectivity index (χ4n) is 2.94. The zero-order valence-electron chi connectivity index (χ0n) is 14.1. The number of aryl methyl sites for hydroxylation is 1. The fraction of sp³-hybridized carbons (Fsp3) is 0.222. The quantitative estimate of drug-likeness (QED) is 0.675. The highest BCUT2D eigenvalue weighted by molar-refractivity contribution is 7.80. The van der Waals surface area contributed by atoms with Crippen LogP contribution in [0.5, 0.6) is 0 Å². The lowest BCUT2D eigenvalue weighted by Gasteiger charge is -2.10. The van der Waals surface area contributed by atoms with E-state index in [4.69, 9.17) is 17.0 Å². The molecule has 128 valence electrons. The van der Waals surface area contributed by atoms with Gasteiger partial charge in [-0.1, -0.05) is 0 Å². The van der Waals surface area contributed by atoms with E-state index >= 15 is 0 Å². The van der Waals surface area contributed by atoms with Gasteiger partial charge in [-0.25, -0.2) is 9.79 Å². The second-order valence-corrected chi connectivity index (χ2v) is 6.15. The molecule has 1 amide bonds. The summed E-state index contributed by atoms with van der Waals surface area (Å²) >= 11 is 4.91. The topological polar surface area (TPSA) is 72.7 Å². The lowest BCUT2D eigenvalue weighted by molar-refractivity contribution is -0.113. The van der Waals surface area contributed by atoms with E-state index in [2.05, 4.69) is 14.9 Å². The molecule has 0 spiro atoms. The van der Waals surface area contributed by atoms with Crippen LogP contribution in [0.15, 0.2) is 35.3 Å². The van der Waals surface area contributed by atoms with Crippen molar-refractivity contribution in [1.82, 2.24) is 9.88 Å². The van der Waals surface area contributed by atoms with Crippen LogP contribution in [0.1, 0.15) is 27.3 Å². The van der Waals surface area contributed by atoms with Crippen molar-refractivity contribution >= 4 is 34.9 Å². The first-order chi connectivity index (χ1) is 11.9. The lowest BCUT2D eigenvalue weighted by atomic mass is 10.1. The van der Waals surface area contributed by atoms with Crippen LogP contribution in [0, 0.1) is 13.8 Å². The van der Waals surface area contributed by atoms with E-state index in [1.165, 1.54) is 7.11 Å². The number of benzene rings is 1. The molecule has 3 rings (SSSR count). The molecule has 0 saturated heterocycles. The number of aromatic nitrogens is 1. The maximum Gasteiger partial charge on any atom is 0.337 e. The highest BCUT2D eigenvalue weighted by Gasteiger charge is 2.22. The number of amides is 1. The number of hydrogen-bond donors (Lipinski definition) is 1. The first-order valence-electron chi connectivity index (χ1n) is 7.70. The summed E-state index contributed by atoms with van der Waals surface area (Å²) in [7, 11) is 1.36. The number of thiocarbonyl (C=S) groups is 1. The van der Waals surface area contributed by atoms with Gasteiger partial charge in [0.05, 0.1) is 12.7 Å². The fourth-order valence-corrected chi connectivity index (χ4v) is 3.14. The largest absolute Gasteiger partial charge is 0.465 e. The Kier molecular flexibility index (Phi) is 4.50. The first kappa shape index (κ1) is 17.0. The smallest absolute Gasteiger partial charge is 0.337 e. The van der Waals surface area contributed by atoms with E-state index in [-0.39, 0.29) is 17.0 Å². The van der Waals surface area contributed by atoms with Crippen molar-refractivity contribution in [3.8, 4) is 5.69 Å². The summed E-state index contributed by atoms with van der Waals surface area (Å²) in [6, 6.07) is 9.22. The number of nitrogens with zero attached hydrogens (tertiary/aromatic N) is 2. The number of hydrogen-bond acceptors (Lipinski definition) is 4. The van der Waals surface area contributed by atoms with Crippen molar-refractivity contribution in [2.24, 2.45) is 4.99 Å². The Hall–Kier alpha value is -2.80. The predicted octanol–water partition coefficient (Wildman–Crippen LogP) is 2.28. The molecule has 7 heteroatoms. The van der Waals surface area contributed by atoms with Crippen LogP contribution in [0.25, 0.3) is 5.69 Å². The van der Waals surface area contributed by atoms with Gasteiger partial charge in [0, 0.05) is 23.5 Å². The molecule has 1 aliphatic rings. The molecule has 2 aromatic rings. The van der Waals surface area contributed by atoms with Crippen LogP contribution in [0.2, 0.25) is 0 Å². The number of aliphatic imine (C=N–C) groups is 1. The minimum absolute atomic E-state index is 0.215. The summed E-state index contributed by atoms with van der Waals surface area (Å²) < 4.78 is 6.79. The summed E-state index contributed by atoms with van der Waals surface area (Å²) in [5.74, 6) is -0.605. The van der Waals surface area contributed by atoms with Crippen LogP contribution in [0.4, 0.5) is 0 Å². The highest BCUT2D eigenvalue weighted by Crippen LogP contribution is 2.22. The molecule has 0 unspecified atom stereocenters. The van der Waals surface area contributed by atoms with Crippen molar-refractivity contribution in [1.29, 1.82) is 0 Å². The molecule has 0 radical (unpaired) electrons. The van der Waals surface area contributed by atoms with Gasteiger partial charge in [-0.2, -0.15) is 0 Å². The Labute approximate surface area is 150 Å². The van der Waals surface area contributed by atoms with E-state index in [0.717, 1.165) is 22.6 Å². The number of nitrogens with one attached hydrogen (secondary N) is 1. The molecule has 1 N–H and O–H groups in total. The first-order valence-corrected chi connectivity index (χ1v) is 8.11. The molecule has 2 heterocycles. The normalized spacial score (nSPS) is 13.6. The van der Waals surface area contributed by atoms with Crippen molar-refractivity contribution in [3.05, 3.63) is 52.8 Å². The average molecular weight is 355 g/mol. The van der Waals surface area contributed by atoms with Crippen molar-refractivity contribution in [2.75, 3.05) is 7.11 Å². The summed E-state index contributed by atoms with van der Waals surface area (Å²) in [6.07, 6.45) is 0.423. The molecule has 6 nitrogen and oxygen atoms in total. The van der Waals surface area contributed by atoms with Crippen molar-refractivity contribution in [3.63, 3.8) is 0 Å². The maximum absolute atomic E-state index is 11.8. The Balaban J connectivity index is 1.92. The predicted molar refractivity (Wildman–Crippen MR) is 98.5 cm³/mol. The molecule has 0 bridgehead atoms. The van der Waals surface area contributed by atoms with Gasteiger partial charge in [0.15, 0.2) is 5.11 Å². The molecule has 1 aromatic carbocycles. The zero-order chi connectivity index (χ0) is 18.1. The van der Waals surface area contributed by atoms with Crippen molar-refractivity contribution < 1.29 is 14.3 Å². The summed E-state index contributed by atoms with van der Waals surface area (Å²) in [4.78, 5) is 27.5. The van der Waals surface area contributed by atoms with Gasteiger partial charge in [0.25, 0.3) is 5.91 Å². The van der Waals surface area contributed by atoms with Gasteiger partial charge >= 0.3 is 5.97 Å². The summed E-state index contributed by atoms with van der Waals surface area (Å²) in [5, 5.41) is 2.74. The Morgan fingerprint density at radius 1 is 1.28 bits per heavy atom. The molecule has 0 atom stereocenters. The van der Waals surface area contributed by atoms with Gasteiger partial charge < -0.3 is 9.30 Å². The highest BCUT2D eigenvalue weighted by atomic mass is 32.1. The molecule has 0 aliphatic carbocycles. The zero-order valence-corrected chi connectivity index (χ0v) is 14.9. The second kappa shape index (κ2) is 6.60. The van der Waals surface area contributed by atoms with Crippen LogP contribution in [-0.4, -0.2) is 34.4 Å². The Morgan fingerprint density at radius 2 is 1.96 bits per heavy atom. The molecule has 1 aliphatic heterocycles. The van der Waals surface area contributed by atoms with Crippen molar-refractivity contribution in [2.45, 2.75) is 20.3 Å². The van der Waals surface area contributed by atoms with Gasteiger partial charge in [-0.15, -0.1) is 0 Å². The standard InChI is InChI=1S/C18H17N3O3S/c1-10-8-13(9-15-16(22)20-18(25)19-15)11(2)21(10)14-6-4-12(5-7-14)17(23)24-3/h4-8H,9H2,1-3H3,(H,20,22,25). The number of methoxy groups -OCH3 is 1. The van der Waals surface area contributed by atoms with Crippen LogP contribution >= 0.6 is 12.2 Å². The third kappa shape index (κ3) is 3.23. The molecule has 0 saturated carbocycles. The van der Waals surface area contributed by atoms with Gasteiger partial charge in [0.2, 0.25) is 0 Å². The Bertz CT molecular complexity index is 910. The van der Waals surface area contributed by atoms with Crippen LogP contribution < -0.4 is 5.32 Å². The third-order valence-corrected chi connectivity index (χ3v) is 4.35. The number of ether oxygens (including phenoxy) is 1. The molecule has 1 aromatic heterocycles. The lowest BCUT2D eigenvalue weighted by Crippen LogP contribution is -2.26. The van der Waals surface area contributed by atoms with Crippen LogP contribution in [0.3, 0.4) is 0 Å².